The molecule has 14 heavy (non-hydrogen) atoms. The maximum Gasteiger partial charge on any atom is 0.489 e. The molecule has 0 radical (unpaired) electrons. The van der Waals surface area contributed by atoms with E-state index in [0.29, 0.717) is 18.3 Å². The highest BCUT2D eigenvalue weighted by atomic mass is 16.4. The second-order valence-corrected chi connectivity index (χ2v) is 2.95. The fraction of sp³-hybridized carbons (Fsp3) is 0.100. The van der Waals surface area contributed by atoms with Crippen LogP contribution < -0.4 is 5.46 Å². The van der Waals surface area contributed by atoms with Crippen molar-refractivity contribution in [3.05, 3.63) is 42.0 Å². The first-order valence-corrected chi connectivity index (χ1v) is 4.24. The molecule has 0 aliphatic rings. The highest BCUT2D eigenvalue weighted by Gasteiger charge is 2.15. The second kappa shape index (κ2) is 4.74. The van der Waals surface area contributed by atoms with Crippen molar-refractivity contribution in [2.45, 2.75) is 6.42 Å². The average molecular weight is 190 g/mol. The number of allylic oxidation sites excluding steroid dienone is 1. The van der Waals surface area contributed by atoms with Gasteiger partial charge in [-0.1, -0.05) is 18.2 Å². The summed E-state index contributed by atoms with van der Waals surface area (Å²) in [7, 11) is -1.60. The number of rotatable bonds is 4. The van der Waals surface area contributed by atoms with Gasteiger partial charge in [0, 0.05) is 5.56 Å². The number of benzene rings is 1. The van der Waals surface area contributed by atoms with Crippen LogP contribution in [0.2, 0.25) is 0 Å². The van der Waals surface area contributed by atoms with Gasteiger partial charge in [-0.2, -0.15) is 0 Å². The van der Waals surface area contributed by atoms with Crippen LogP contribution in [0.15, 0.2) is 30.9 Å². The van der Waals surface area contributed by atoms with Crippen molar-refractivity contribution in [3.63, 3.8) is 0 Å². The van der Waals surface area contributed by atoms with E-state index >= 15 is 0 Å². The molecular formula is C10H11BO3. The van der Waals surface area contributed by atoms with Crippen molar-refractivity contribution >= 4 is 18.9 Å². The molecule has 72 valence electrons. The van der Waals surface area contributed by atoms with E-state index in [4.69, 9.17) is 10.0 Å². The maximum absolute atomic E-state index is 10.6. The summed E-state index contributed by atoms with van der Waals surface area (Å²) >= 11 is 0. The number of carbonyl (C=O) groups excluding carboxylic acids is 1. The van der Waals surface area contributed by atoms with Crippen molar-refractivity contribution in [1.29, 1.82) is 0 Å². The first-order chi connectivity index (χ1) is 6.69. The maximum atomic E-state index is 10.6. The van der Waals surface area contributed by atoms with Crippen LogP contribution in [0.5, 0.6) is 0 Å². The van der Waals surface area contributed by atoms with Gasteiger partial charge in [0.2, 0.25) is 0 Å². The predicted octanol–water partition coefficient (Wildman–Crippen LogP) is -0.0926. The summed E-state index contributed by atoms with van der Waals surface area (Å²) < 4.78 is 0. The van der Waals surface area contributed by atoms with Crippen LogP contribution in [-0.4, -0.2) is 23.5 Å². The molecule has 0 saturated carbocycles. The van der Waals surface area contributed by atoms with E-state index in [9.17, 15) is 4.79 Å². The molecule has 0 atom stereocenters. The largest absolute Gasteiger partial charge is 0.489 e. The van der Waals surface area contributed by atoms with E-state index in [1.165, 1.54) is 6.07 Å². The van der Waals surface area contributed by atoms with Gasteiger partial charge < -0.3 is 10.0 Å². The molecule has 0 spiro atoms. The molecule has 0 saturated heterocycles. The van der Waals surface area contributed by atoms with E-state index in [0.717, 1.165) is 5.56 Å². The Labute approximate surface area is 82.8 Å². The highest BCUT2D eigenvalue weighted by molar-refractivity contribution is 6.60. The van der Waals surface area contributed by atoms with Crippen LogP contribution in [0, 0.1) is 0 Å². The molecule has 3 nitrogen and oxygen atoms in total. The molecular weight excluding hydrogens is 179 g/mol. The van der Waals surface area contributed by atoms with Gasteiger partial charge in [0.1, 0.15) is 6.29 Å². The van der Waals surface area contributed by atoms with Crippen LogP contribution in [0.4, 0.5) is 0 Å². The first-order valence-electron chi connectivity index (χ1n) is 4.24. The van der Waals surface area contributed by atoms with Crippen molar-refractivity contribution in [2.24, 2.45) is 0 Å². The van der Waals surface area contributed by atoms with Gasteiger partial charge in [-0.05, 0) is 23.5 Å². The van der Waals surface area contributed by atoms with Crippen LogP contribution >= 0.6 is 0 Å². The van der Waals surface area contributed by atoms with E-state index in [2.05, 4.69) is 6.58 Å². The zero-order valence-electron chi connectivity index (χ0n) is 7.68. The summed E-state index contributed by atoms with van der Waals surface area (Å²) in [4.78, 5) is 10.6. The van der Waals surface area contributed by atoms with Crippen molar-refractivity contribution in [3.8, 4) is 0 Å². The lowest BCUT2D eigenvalue weighted by atomic mass is 9.76. The minimum absolute atomic E-state index is 0.229. The molecule has 2 N–H and O–H groups in total. The second-order valence-electron chi connectivity index (χ2n) is 2.95. The van der Waals surface area contributed by atoms with Crippen molar-refractivity contribution in [1.82, 2.24) is 0 Å². The Morgan fingerprint density at radius 2 is 2.14 bits per heavy atom. The number of carbonyl (C=O) groups is 1. The highest BCUT2D eigenvalue weighted by Crippen LogP contribution is 2.03. The SMILES string of the molecule is C=CCc1ccc(B(O)O)c(C=O)c1. The third-order valence-electron chi connectivity index (χ3n) is 1.94. The fourth-order valence-electron chi connectivity index (χ4n) is 1.26. The Morgan fingerprint density at radius 1 is 1.43 bits per heavy atom. The van der Waals surface area contributed by atoms with Crippen molar-refractivity contribution < 1.29 is 14.8 Å². The Balaban J connectivity index is 3.10. The lowest BCUT2D eigenvalue weighted by Crippen LogP contribution is -2.33. The molecule has 0 amide bonds. The Kier molecular flexibility index (Phi) is 3.62. The summed E-state index contributed by atoms with van der Waals surface area (Å²) in [5.41, 5.74) is 1.46. The van der Waals surface area contributed by atoms with Gasteiger partial charge in [0.05, 0.1) is 0 Å². The third-order valence-corrected chi connectivity index (χ3v) is 1.94. The Hall–Kier alpha value is -1.39. The van der Waals surface area contributed by atoms with Gasteiger partial charge in [-0.3, -0.25) is 4.79 Å². The zero-order chi connectivity index (χ0) is 10.6. The van der Waals surface area contributed by atoms with Crippen LogP contribution in [0.25, 0.3) is 0 Å². The van der Waals surface area contributed by atoms with E-state index in [-0.39, 0.29) is 5.46 Å². The zero-order valence-corrected chi connectivity index (χ0v) is 7.68. The Bertz CT molecular complexity index is 347. The molecule has 4 heteroatoms. The minimum atomic E-state index is -1.60. The molecule has 0 aliphatic heterocycles. The van der Waals surface area contributed by atoms with E-state index < -0.39 is 7.12 Å². The summed E-state index contributed by atoms with van der Waals surface area (Å²) in [5.74, 6) is 0. The summed E-state index contributed by atoms with van der Waals surface area (Å²) in [5, 5.41) is 17.9. The Morgan fingerprint density at radius 3 is 2.64 bits per heavy atom. The lowest BCUT2D eigenvalue weighted by molar-refractivity contribution is 0.112. The van der Waals surface area contributed by atoms with Crippen LogP contribution in [0.1, 0.15) is 15.9 Å². The molecule has 0 bridgehead atoms. The number of hydrogen-bond donors (Lipinski definition) is 2. The van der Waals surface area contributed by atoms with Gasteiger partial charge in [-0.25, -0.2) is 0 Å². The molecule has 1 rings (SSSR count). The molecule has 0 aromatic heterocycles. The molecule has 0 fully saturated rings. The monoisotopic (exact) mass is 190 g/mol. The van der Waals surface area contributed by atoms with Gasteiger partial charge in [0.25, 0.3) is 0 Å². The average Bonchev–Trinajstić information content (AvgIpc) is 2.17. The van der Waals surface area contributed by atoms with Crippen LogP contribution in [-0.2, 0) is 6.42 Å². The van der Waals surface area contributed by atoms with Gasteiger partial charge >= 0.3 is 7.12 Å². The van der Waals surface area contributed by atoms with Gasteiger partial charge in [-0.15, -0.1) is 6.58 Å². The standard InChI is InChI=1S/C10H11BO3/c1-2-3-8-4-5-10(11(13)14)9(6-8)7-12/h2,4-7,13-14H,1,3H2. The topological polar surface area (TPSA) is 57.5 Å². The van der Waals surface area contributed by atoms with E-state index in [1.54, 1.807) is 18.2 Å². The summed E-state index contributed by atoms with van der Waals surface area (Å²) in [6.45, 7) is 3.58. The summed E-state index contributed by atoms with van der Waals surface area (Å²) in [6, 6.07) is 4.90. The molecule has 0 heterocycles. The minimum Gasteiger partial charge on any atom is -0.423 e. The number of aldehydes is 1. The fourth-order valence-corrected chi connectivity index (χ4v) is 1.26. The predicted molar refractivity (Wildman–Crippen MR) is 55.6 cm³/mol. The number of hydrogen-bond acceptors (Lipinski definition) is 3. The van der Waals surface area contributed by atoms with E-state index in [1.807, 2.05) is 0 Å². The third kappa shape index (κ3) is 2.31. The smallest absolute Gasteiger partial charge is 0.423 e. The molecule has 0 unspecified atom stereocenters. The normalized spacial score (nSPS) is 9.57. The summed E-state index contributed by atoms with van der Waals surface area (Å²) in [6.07, 6.45) is 2.99. The lowest BCUT2D eigenvalue weighted by Gasteiger charge is -2.05. The first kappa shape index (κ1) is 10.7. The van der Waals surface area contributed by atoms with Gasteiger partial charge in [0.15, 0.2) is 0 Å². The molecule has 0 aliphatic carbocycles. The quantitative estimate of drug-likeness (QED) is 0.396. The van der Waals surface area contributed by atoms with Crippen LogP contribution in [0.3, 0.4) is 0 Å². The van der Waals surface area contributed by atoms with Crippen molar-refractivity contribution in [2.75, 3.05) is 0 Å². The molecule has 1 aromatic rings. The molecule has 1 aromatic carbocycles.